The van der Waals surface area contributed by atoms with Gasteiger partial charge in [-0.05, 0) is 12.1 Å². The standard InChI is InChI=1S/C6H4ClNO2/c7-5-3-1-2-4-6(5)10-8-9/h1-4H. The van der Waals surface area contributed by atoms with E-state index in [4.69, 9.17) is 11.6 Å². The summed E-state index contributed by atoms with van der Waals surface area (Å²) in [5.41, 5.74) is 0. The number of para-hydroxylation sites is 1. The molecule has 0 saturated heterocycles. The van der Waals surface area contributed by atoms with Crippen molar-refractivity contribution < 1.29 is 4.84 Å². The Balaban J connectivity index is 2.91. The lowest BCUT2D eigenvalue weighted by atomic mass is 10.3. The Bertz CT molecular complexity index is 239. The average Bonchev–Trinajstić information content (AvgIpc) is 1.94. The fraction of sp³-hybridized carbons (Fsp3) is 0. The molecule has 3 nitrogen and oxygen atoms in total. The molecule has 0 spiro atoms. The van der Waals surface area contributed by atoms with E-state index in [1.54, 1.807) is 24.3 Å². The molecule has 0 amide bonds. The van der Waals surface area contributed by atoms with Gasteiger partial charge in [0.25, 0.3) is 0 Å². The molecule has 1 rings (SSSR count). The van der Waals surface area contributed by atoms with Crippen molar-refractivity contribution in [2.24, 2.45) is 5.34 Å². The molecule has 0 aliphatic heterocycles. The van der Waals surface area contributed by atoms with Gasteiger partial charge in [-0.1, -0.05) is 23.7 Å². The van der Waals surface area contributed by atoms with Crippen LogP contribution in [0, 0.1) is 4.91 Å². The van der Waals surface area contributed by atoms with Crippen LogP contribution in [-0.4, -0.2) is 0 Å². The van der Waals surface area contributed by atoms with E-state index in [0.717, 1.165) is 0 Å². The summed E-state index contributed by atoms with van der Waals surface area (Å²) in [4.78, 5) is 13.9. The maximum absolute atomic E-state index is 9.60. The molecule has 0 radical (unpaired) electrons. The van der Waals surface area contributed by atoms with Crippen molar-refractivity contribution in [3.8, 4) is 5.75 Å². The Hall–Kier alpha value is -1.09. The molecule has 4 heteroatoms. The maximum Gasteiger partial charge on any atom is 0.180 e. The topological polar surface area (TPSA) is 38.7 Å². The van der Waals surface area contributed by atoms with Crippen molar-refractivity contribution in [2.45, 2.75) is 0 Å². The van der Waals surface area contributed by atoms with Crippen LogP contribution in [0.15, 0.2) is 29.6 Å². The number of hydrogen-bond donors (Lipinski definition) is 0. The number of halogens is 1. The van der Waals surface area contributed by atoms with Crippen molar-refractivity contribution in [3.05, 3.63) is 34.2 Å². The van der Waals surface area contributed by atoms with Crippen LogP contribution in [0.5, 0.6) is 5.75 Å². The molecule has 10 heavy (non-hydrogen) atoms. The lowest BCUT2D eigenvalue weighted by Crippen LogP contribution is -1.79. The van der Waals surface area contributed by atoms with Crippen LogP contribution in [0.4, 0.5) is 0 Å². The monoisotopic (exact) mass is 157 g/mol. The predicted molar refractivity (Wildman–Crippen MR) is 37.9 cm³/mol. The van der Waals surface area contributed by atoms with Gasteiger partial charge in [0.2, 0.25) is 0 Å². The third-order valence-corrected chi connectivity index (χ3v) is 1.28. The summed E-state index contributed by atoms with van der Waals surface area (Å²) in [6.07, 6.45) is 0. The van der Waals surface area contributed by atoms with E-state index in [2.05, 4.69) is 10.2 Å². The van der Waals surface area contributed by atoms with Crippen LogP contribution >= 0.6 is 11.6 Å². The maximum atomic E-state index is 9.60. The van der Waals surface area contributed by atoms with E-state index >= 15 is 0 Å². The first kappa shape index (κ1) is 7.02. The molecular weight excluding hydrogens is 154 g/mol. The summed E-state index contributed by atoms with van der Waals surface area (Å²) in [5.74, 6) is 0.277. The molecule has 0 N–H and O–H groups in total. The first-order chi connectivity index (χ1) is 4.84. The zero-order valence-corrected chi connectivity index (χ0v) is 5.71. The van der Waals surface area contributed by atoms with Gasteiger partial charge in [-0.3, -0.25) is 0 Å². The minimum atomic E-state index is 0.277. The van der Waals surface area contributed by atoms with E-state index in [1.807, 2.05) is 0 Å². The SMILES string of the molecule is O=NOc1ccccc1Cl. The molecule has 0 saturated carbocycles. The van der Waals surface area contributed by atoms with Crippen LogP contribution in [-0.2, 0) is 0 Å². The summed E-state index contributed by atoms with van der Waals surface area (Å²) in [6, 6.07) is 6.61. The second kappa shape index (κ2) is 3.17. The molecular formula is C6H4ClNO2. The normalized spacial score (nSPS) is 8.90. The lowest BCUT2D eigenvalue weighted by Gasteiger charge is -1.94. The highest BCUT2D eigenvalue weighted by Gasteiger charge is 1.97. The van der Waals surface area contributed by atoms with E-state index in [1.165, 1.54) is 0 Å². The lowest BCUT2D eigenvalue weighted by molar-refractivity contribution is 0.335. The molecule has 52 valence electrons. The summed E-state index contributed by atoms with van der Waals surface area (Å²) in [7, 11) is 0. The van der Waals surface area contributed by atoms with Gasteiger partial charge in [0.1, 0.15) is 0 Å². The summed E-state index contributed by atoms with van der Waals surface area (Å²) in [5, 5.41) is 2.61. The minimum Gasteiger partial charge on any atom is -0.322 e. The highest BCUT2D eigenvalue weighted by Crippen LogP contribution is 2.22. The quantitative estimate of drug-likeness (QED) is 0.489. The largest absolute Gasteiger partial charge is 0.322 e. The highest BCUT2D eigenvalue weighted by atomic mass is 35.5. The Morgan fingerprint density at radius 3 is 2.70 bits per heavy atom. The van der Waals surface area contributed by atoms with Crippen LogP contribution in [0.3, 0.4) is 0 Å². The first-order valence-electron chi connectivity index (χ1n) is 2.59. The van der Waals surface area contributed by atoms with E-state index < -0.39 is 0 Å². The van der Waals surface area contributed by atoms with Gasteiger partial charge in [-0.25, -0.2) is 0 Å². The molecule has 0 aliphatic carbocycles. The molecule has 0 aromatic heterocycles. The number of rotatable bonds is 2. The van der Waals surface area contributed by atoms with Crippen molar-refractivity contribution in [1.82, 2.24) is 0 Å². The van der Waals surface area contributed by atoms with Crippen molar-refractivity contribution >= 4 is 11.6 Å². The smallest absolute Gasteiger partial charge is 0.180 e. The molecule has 0 bridgehead atoms. The predicted octanol–water partition coefficient (Wildman–Crippen LogP) is 2.40. The average molecular weight is 158 g/mol. The van der Waals surface area contributed by atoms with Crippen LogP contribution in [0.2, 0.25) is 5.02 Å². The van der Waals surface area contributed by atoms with E-state index in [0.29, 0.717) is 5.02 Å². The fourth-order valence-electron chi connectivity index (χ4n) is 0.559. The molecule has 0 heterocycles. The van der Waals surface area contributed by atoms with Crippen LogP contribution in [0.25, 0.3) is 0 Å². The van der Waals surface area contributed by atoms with Gasteiger partial charge < -0.3 is 4.84 Å². The van der Waals surface area contributed by atoms with Gasteiger partial charge in [-0.2, -0.15) is 0 Å². The Labute approximate surface area is 62.5 Å². The Morgan fingerprint density at radius 1 is 1.40 bits per heavy atom. The molecule has 1 aromatic rings. The molecule has 1 aromatic carbocycles. The van der Waals surface area contributed by atoms with E-state index in [-0.39, 0.29) is 5.75 Å². The zero-order chi connectivity index (χ0) is 7.40. The Kier molecular flexibility index (Phi) is 2.23. The summed E-state index contributed by atoms with van der Waals surface area (Å²) >= 11 is 5.58. The first-order valence-corrected chi connectivity index (χ1v) is 2.96. The van der Waals surface area contributed by atoms with Gasteiger partial charge >= 0.3 is 0 Å². The van der Waals surface area contributed by atoms with Gasteiger partial charge in [0.05, 0.1) is 5.02 Å². The molecule has 0 unspecified atom stereocenters. The second-order valence-electron chi connectivity index (χ2n) is 1.60. The summed E-state index contributed by atoms with van der Waals surface area (Å²) < 4.78 is 0. The third kappa shape index (κ3) is 1.45. The molecule has 0 fully saturated rings. The number of hydrogen-bond acceptors (Lipinski definition) is 3. The minimum absolute atomic E-state index is 0.277. The van der Waals surface area contributed by atoms with Crippen molar-refractivity contribution in [1.29, 1.82) is 0 Å². The van der Waals surface area contributed by atoms with Crippen molar-refractivity contribution in [2.75, 3.05) is 0 Å². The third-order valence-electron chi connectivity index (χ3n) is 0.972. The number of benzene rings is 1. The van der Waals surface area contributed by atoms with Crippen molar-refractivity contribution in [3.63, 3.8) is 0 Å². The summed E-state index contributed by atoms with van der Waals surface area (Å²) in [6.45, 7) is 0. The van der Waals surface area contributed by atoms with Crippen LogP contribution in [0.1, 0.15) is 0 Å². The van der Waals surface area contributed by atoms with Gasteiger partial charge in [0, 0.05) is 0 Å². The molecule has 0 atom stereocenters. The molecule has 0 aliphatic rings. The fourth-order valence-corrected chi connectivity index (χ4v) is 0.729. The van der Waals surface area contributed by atoms with Gasteiger partial charge in [0.15, 0.2) is 11.1 Å². The zero-order valence-electron chi connectivity index (χ0n) is 4.95. The number of nitrogens with zero attached hydrogens (tertiary/aromatic N) is 1. The highest BCUT2D eigenvalue weighted by molar-refractivity contribution is 6.32. The Morgan fingerprint density at radius 2 is 2.10 bits per heavy atom. The van der Waals surface area contributed by atoms with Crippen LogP contribution < -0.4 is 4.84 Å². The van der Waals surface area contributed by atoms with Gasteiger partial charge in [-0.15, -0.1) is 4.91 Å². The second-order valence-corrected chi connectivity index (χ2v) is 2.00. The van der Waals surface area contributed by atoms with E-state index in [9.17, 15) is 4.91 Å².